The van der Waals surface area contributed by atoms with Gasteiger partial charge in [-0.1, -0.05) is 12.1 Å². The fourth-order valence-electron chi connectivity index (χ4n) is 3.50. The highest BCUT2D eigenvalue weighted by atomic mass is 19.1. The zero-order chi connectivity index (χ0) is 20.1. The number of allylic oxidation sites excluding steroid dienone is 1. The van der Waals surface area contributed by atoms with Crippen LogP contribution in [-0.4, -0.2) is 55.4 Å². The Balaban J connectivity index is 1.72. The summed E-state index contributed by atoms with van der Waals surface area (Å²) in [4.78, 5) is 13.6. The van der Waals surface area contributed by atoms with Crippen LogP contribution >= 0.6 is 0 Å². The van der Waals surface area contributed by atoms with E-state index < -0.39 is 0 Å². The second kappa shape index (κ2) is 8.97. The Labute approximate surface area is 166 Å². The third-order valence-corrected chi connectivity index (χ3v) is 5.24. The van der Waals surface area contributed by atoms with E-state index >= 15 is 0 Å². The van der Waals surface area contributed by atoms with Crippen LogP contribution in [0.4, 0.5) is 10.2 Å². The Kier molecular flexibility index (Phi) is 6.41. The molecule has 0 atom stereocenters. The third-order valence-electron chi connectivity index (χ3n) is 5.24. The fourth-order valence-corrected chi connectivity index (χ4v) is 3.50. The molecule has 0 saturated carbocycles. The van der Waals surface area contributed by atoms with Crippen molar-refractivity contribution in [3.63, 3.8) is 0 Å². The number of nitrogens with two attached hydrogens (primary N) is 1. The number of hydrogen-bond acceptors (Lipinski definition) is 5. The van der Waals surface area contributed by atoms with Crippen molar-refractivity contribution in [1.29, 1.82) is 0 Å². The second-order valence-corrected chi connectivity index (χ2v) is 7.12. The lowest BCUT2D eigenvalue weighted by atomic mass is 10.1. The van der Waals surface area contributed by atoms with Gasteiger partial charge >= 0.3 is 0 Å². The first-order valence-electron chi connectivity index (χ1n) is 9.57. The Hall–Kier alpha value is -2.73. The van der Waals surface area contributed by atoms with Crippen LogP contribution < -0.4 is 10.6 Å². The molecule has 0 radical (unpaired) electrons. The Bertz CT molecular complexity index is 861. The number of halogens is 1. The molecule has 0 bridgehead atoms. The summed E-state index contributed by atoms with van der Waals surface area (Å²) in [6.45, 7) is 8.36. The Morgan fingerprint density at radius 1 is 1.11 bits per heavy atom. The Morgan fingerprint density at radius 3 is 2.39 bits per heavy atom. The molecule has 0 amide bonds. The van der Waals surface area contributed by atoms with Gasteiger partial charge in [-0.2, -0.15) is 0 Å². The molecule has 1 aromatic carbocycles. The third kappa shape index (κ3) is 4.57. The summed E-state index contributed by atoms with van der Waals surface area (Å²) < 4.78 is 13.3. The topological polar surface area (TPSA) is 57.8 Å². The molecular weight excluding hydrogens is 353 g/mol. The molecule has 0 spiro atoms. The van der Waals surface area contributed by atoms with Crippen molar-refractivity contribution in [1.82, 2.24) is 9.88 Å². The first kappa shape index (κ1) is 20.0. The van der Waals surface area contributed by atoms with Gasteiger partial charge in [0.2, 0.25) is 0 Å². The highest BCUT2D eigenvalue weighted by Crippen LogP contribution is 2.29. The van der Waals surface area contributed by atoms with E-state index in [9.17, 15) is 4.39 Å². The molecule has 28 heavy (non-hydrogen) atoms. The molecule has 148 valence electrons. The molecule has 1 aromatic heterocycles. The van der Waals surface area contributed by atoms with Crippen molar-refractivity contribution < 1.29 is 4.39 Å². The van der Waals surface area contributed by atoms with Gasteiger partial charge in [0, 0.05) is 68.5 Å². The standard InChI is InChI=1S/C22H28FN5/c1-16(24)21(17(2)25-3)15-27-11-13-28(14-12-27)22-20(5-4-10-26-22)18-6-8-19(23)9-7-18/h4-10H,11-15,24H2,1-3H3/b21-16-,25-17?. The molecule has 1 aliphatic rings. The average molecular weight is 381 g/mol. The summed E-state index contributed by atoms with van der Waals surface area (Å²) in [6, 6.07) is 10.6. The van der Waals surface area contributed by atoms with Gasteiger partial charge in [-0.15, -0.1) is 0 Å². The molecule has 5 nitrogen and oxygen atoms in total. The number of piperazine rings is 1. The van der Waals surface area contributed by atoms with Crippen molar-refractivity contribution in [3.8, 4) is 11.1 Å². The second-order valence-electron chi connectivity index (χ2n) is 7.12. The van der Waals surface area contributed by atoms with Crippen molar-refractivity contribution >= 4 is 11.5 Å². The van der Waals surface area contributed by atoms with Crippen molar-refractivity contribution in [2.75, 3.05) is 44.7 Å². The lowest BCUT2D eigenvalue weighted by Crippen LogP contribution is -2.47. The van der Waals surface area contributed by atoms with E-state index in [1.54, 1.807) is 19.2 Å². The molecule has 1 aliphatic heterocycles. The molecular formula is C22H28FN5. The normalized spacial score (nSPS) is 16.9. The first-order chi connectivity index (χ1) is 13.5. The molecule has 2 aromatic rings. The van der Waals surface area contributed by atoms with E-state index in [-0.39, 0.29) is 5.82 Å². The minimum Gasteiger partial charge on any atom is -0.402 e. The van der Waals surface area contributed by atoms with Crippen LogP contribution in [0.3, 0.4) is 0 Å². The predicted octanol–water partition coefficient (Wildman–Crippen LogP) is 3.33. The van der Waals surface area contributed by atoms with Crippen molar-refractivity contribution in [3.05, 3.63) is 59.7 Å². The molecule has 2 heterocycles. The van der Waals surface area contributed by atoms with Crippen LogP contribution in [0.1, 0.15) is 13.8 Å². The van der Waals surface area contributed by atoms with Crippen LogP contribution in [0.25, 0.3) is 11.1 Å². The molecule has 2 N–H and O–H groups in total. The van der Waals surface area contributed by atoms with E-state index in [1.165, 1.54) is 12.1 Å². The number of nitrogens with zero attached hydrogens (tertiary/aromatic N) is 4. The fraction of sp³-hybridized carbons (Fsp3) is 0.364. The van der Waals surface area contributed by atoms with Crippen LogP contribution in [0, 0.1) is 5.82 Å². The SMILES string of the molecule is CN=C(C)/C(CN1CCN(c2ncccc2-c2ccc(F)cc2)CC1)=C(/C)N. The van der Waals surface area contributed by atoms with Gasteiger partial charge in [-0.25, -0.2) is 9.37 Å². The van der Waals surface area contributed by atoms with Crippen molar-refractivity contribution in [2.24, 2.45) is 10.7 Å². The van der Waals surface area contributed by atoms with Gasteiger partial charge in [0.05, 0.1) is 0 Å². The summed E-state index contributed by atoms with van der Waals surface area (Å²) in [7, 11) is 1.80. The molecule has 1 fully saturated rings. The van der Waals surface area contributed by atoms with Gasteiger partial charge in [0.15, 0.2) is 0 Å². The van der Waals surface area contributed by atoms with Crippen molar-refractivity contribution in [2.45, 2.75) is 13.8 Å². The summed E-state index contributed by atoms with van der Waals surface area (Å²) in [6.07, 6.45) is 1.81. The van der Waals surface area contributed by atoms with E-state index in [0.29, 0.717) is 0 Å². The van der Waals surface area contributed by atoms with Gasteiger partial charge in [0.25, 0.3) is 0 Å². The zero-order valence-electron chi connectivity index (χ0n) is 16.8. The molecule has 0 aliphatic carbocycles. The minimum atomic E-state index is -0.229. The van der Waals surface area contributed by atoms with E-state index in [1.807, 2.05) is 32.2 Å². The first-order valence-corrected chi connectivity index (χ1v) is 9.57. The summed E-state index contributed by atoms with van der Waals surface area (Å²) in [5, 5.41) is 0. The maximum absolute atomic E-state index is 13.3. The zero-order valence-corrected chi connectivity index (χ0v) is 16.8. The lowest BCUT2D eigenvalue weighted by Gasteiger charge is -2.36. The number of aliphatic imine (C=N–C) groups is 1. The smallest absolute Gasteiger partial charge is 0.136 e. The molecule has 3 rings (SSSR count). The van der Waals surface area contributed by atoms with E-state index in [4.69, 9.17) is 5.73 Å². The maximum atomic E-state index is 13.3. The molecule has 1 saturated heterocycles. The number of pyridine rings is 1. The summed E-state index contributed by atoms with van der Waals surface area (Å²) in [5.41, 5.74) is 11.0. The van der Waals surface area contributed by atoms with Gasteiger partial charge < -0.3 is 10.6 Å². The average Bonchev–Trinajstić information content (AvgIpc) is 2.72. The number of anilines is 1. The largest absolute Gasteiger partial charge is 0.402 e. The van der Waals surface area contributed by atoms with E-state index in [0.717, 1.165) is 66.7 Å². The lowest BCUT2D eigenvalue weighted by molar-refractivity contribution is 0.280. The Morgan fingerprint density at radius 2 is 1.79 bits per heavy atom. The summed E-state index contributed by atoms with van der Waals surface area (Å²) >= 11 is 0. The van der Waals surface area contributed by atoms with E-state index in [2.05, 4.69) is 19.8 Å². The highest BCUT2D eigenvalue weighted by Gasteiger charge is 2.22. The quantitative estimate of drug-likeness (QED) is 0.807. The van der Waals surface area contributed by atoms with Gasteiger partial charge in [0.1, 0.15) is 11.6 Å². The minimum absolute atomic E-state index is 0.229. The van der Waals surface area contributed by atoms with Gasteiger partial charge in [-0.05, 0) is 43.7 Å². The molecule has 0 unspecified atom stereocenters. The van der Waals surface area contributed by atoms with Crippen LogP contribution in [-0.2, 0) is 0 Å². The number of benzene rings is 1. The van der Waals surface area contributed by atoms with Crippen LogP contribution in [0.2, 0.25) is 0 Å². The maximum Gasteiger partial charge on any atom is 0.136 e. The highest BCUT2D eigenvalue weighted by molar-refractivity contribution is 5.99. The number of hydrogen-bond donors (Lipinski definition) is 1. The number of aromatic nitrogens is 1. The van der Waals surface area contributed by atoms with Gasteiger partial charge in [-0.3, -0.25) is 9.89 Å². The molecule has 6 heteroatoms. The van der Waals surface area contributed by atoms with Crippen LogP contribution in [0.5, 0.6) is 0 Å². The monoisotopic (exact) mass is 381 g/mol. The van der Waals surface area contributed by atoms with Crippen LogP contribution in [0.15, 0.2) is 58.9 Å². The predicted molar refractivity (Wildman–Crippen MR) is 114 cm³/mol. The number of rotatable bonds is 5. The summed E-state index contributed by atoms with van der Waals surface area (Å²) in [5.74, 6) is 0.721.